The van der Waals surface area contributed by atoms with E-state index in [0.717, 1.165) is 31.9 Å². The van der Waals surface area contributed by atoms with Crippen molar-refractivity contribution >= 4 is 0 Å². The van der Waals surface area contributed by atoms with Crippen LogP contribution in [0.25, 0.3) is 0 Å². The number of hydrogen-bond acceptors (Lipinski definition) is 2. The normalized spacial score (nSPS) is 10.5. The first-order valence-corrected chi connectivity index (χ1v) is 7.85. The van der Waals surface area contributed by atoms with Gasteiger partial charge in [-0.3, -0.25) is 0 Å². The van der Waals surface area contributed by atoms with Gasteiger partial charge in [0.05, 0.1) is 6.61 Å². The lowest BCUT2D eigenvalue weighted by atomic mass is 10.1. The molecule has 0 unspecified atom stereocenters. The fraction of sp³-hybridized carbons (Fsp3) is 0.368. The Bertz CT molecular complexity index is 510. The summed E-state index contributed by atoms with van der Waals surface area (Å²) < 4.78 is 5.96. The van der Waals surface area contributed by atoms with Gasteiger partial charge in [0.15, 0.2) is 0 Å². The molecule has 0 saturated carbocycles. The van der Waals surface area contributed by atoms with Crippen molar-refractivity contribution in [3.63, 3.8) is 0 Å². The van der Waals surface area contributed by atoms with E-state index in [-0.39, 0.29) is 0 Å². The minimum Gasteiger partial charge on any atom is -0.493 e. The molecule has 2 nitrogen and oxygen atoms in total. The molecule has 2 rings (SSSR count). The predicted octanol–water partition coefficient (Wildman–Crippen LogP) is 4.20. The Morgan fingerprint density at radius 2 is 1.71 bits per heavy atom. The van der Waals surface area contributed by atoms with Crippen LogP contribution in [0, 0.1) is 0 Å². The highest BCUT2D eigenvalue weighted by molar-refractivity contribution is 5.33. The Morgan fingerprint density at radius 3 is 2.52 bits per heavy atom. The summed E-state index contributed by atoms with van der Waals surface area (Å²) in [5.41, 5.74) is 2.55. The molecule has 0 heterocycles. The highest BCUT2D eigenvalue weighted by atomic mass is 16.5. The molecule has 0 bridgehead atoms. The predicted molar refractivity (Wildman–Crippen MR) is 88.7 cm³/mol. The van der Waals surface area contributed by atoms with Gasteiger partial charge in [-0.05, 0) is 24.6 Å². The van der Waals surface area contributed by atoms with Crippen LogP contribution in [0.4, 0.5) is 0 Å². The summed E-state index contributed by atoms with van der Waals surface area (Å²) in [4.78, 5) is 0. The molecule has 2 heteroatoms. The summed E-state index contributed by atoms with van der Waals surface area (Å²) >= 11 is 0. The second-order valence-corrected chi connectivity index (χ2v) is 5.22. The smallest absolute Gasteiger partial charge is 0.123 e. The first-order chi connectivity index (χ1) is 10.4. The van der Waals surface area contributed by atoms with Gasteiger partial charge in [-0.1, -0.05) is 61.9 Å². The summed E-state index contributed by atoms with van der Waals surface area (Å²) in [6, 6.07) is 18.8. The molecule has 0 saturated heterocycles. The Labute approximate surface area is 128 Å². The van der Waals surface area contributed by atoms with E-state index in [2.05, 4.69) is 54.7 Å². The van der Waals surface area contributed by atoms with Crippen LogP contribution >= 0.6 is 0 Å². The highest BCUT2D eigenvalue weighted by Crippen LogP contribution is 2.18. The van der Waals surface area contributed by atoms with Crippen molar-refractivity contribution < 1.29 is 4.74 Å². The molecule has 0 fully saturated rings. The maximum atomic E-state index is 5.96. The van der Waals surface area contributed by atoms with Gasteiger partial charge in [0.25, 0.3) is 0 Å². The van der Waals surface area contributed by atoms with Gasteiger partial charge in [-0.25, -0.2) is 0 Å². The number of rotatable bonds is 9. The first-order valence-electron chi connectivity index (χ1n) is 7.85. The lowest BCUT2D eigenvalue weighted by molar-refractivity contribution is 0.317. The molecule has 21 heavy (non-hydrogen) atoms. The van der Waals surface area contributed by atoms with Gasteiger partial charge in [-0.15, -0.1) is 0 Å². The van der Waals surface area contributed by atoms with Crippen LogP contribution < -0.4 is 10.1 Å². The van der Waals surface area contributed by atoms with Crippen LogP contribution in [0.2, 0.25) is 0 Å². The molecule has 0 amide bonds. The van der Waals surface area contributed by atoms with Gasteiger partial charge in [0.1, 0.15) is 5.75 Å². The molecular formula is C19H25NO. The topological polar surface area (TPSA) is 21.3 Å². The van der Waals surface area contributed by atoms with Crippen LogP contribution in [-0.4, -0.2) is 13.2 Å². The van der Waals surface area contributed by atoms with E-state index in [0.29, 0.717) is 0 Å². The molecule has 0 radical (unpaired) electrons. The molecule has 0 aromatic heterocycles. The van der Waals surface area contributed by atoms with Crippen LogP contribution in [0.1, 0.15) is 30.9 Å². The average molecular weight is 283 g/mol. The van der Waals surface area contributed by atoms with E-state index in [1.807, 2.05) is 12.1 Å². The van der Waals surface area contributed by atoms with Gasteiger partial charge >= 0.3 is 0 Å². The molecule has 0 atom stereocenters. The third-order valence-electron chi connectivity index (χ3n) is 3.49. The van der Waals surface area contributed by atoms with Crippen molar-refractivity contribution in [1.82, 2.24) is 5.32 Å². The fourth-order valence-electron chi connectivity index (χ4n) is 2.24. The van der Waals surface area contributed by atoms with Crippen LogP contribution in [0.3, 0.4) is 0 Å². The van der Waals surface area contributed by atoms with E-state index in [4.69, 9.17) is 4.74 Å². The third kappa shape index (κ3) is 5.60. The number of ether oxygens (including phenoxy) is 1. The maximum Gasteiger partial charge on any atom is 0.123 e. The quantitative estimate of drug-likeness (QED) is 0.696. The standard InChI is InChI=1S/C19H25NO/c1-2-3-14-20-16-18-11-7-8-12-19(18)21-15-13-17-9-5-4-6-10-17/h4-12,20H,2-3,13-16H2,1H3. The van der Waals surface area contributed by atoms with Crippen molar-refractivity contribution in [1.29, 1.82) is 0 Å². The van der Waals surface area contributed by atoms with Crippen molar-refractivity contribution in [2.24, 2.45) is 0 Å². The van der Waals surface area contributed by atoms with E-state index in [1.165, 1.54) is 24.0 Å². The molecule has 0 aliphatic rings. The van der Waals surface area contributed by atoms with Crippen molar-refractivity contribution in [3.05, 3.63) is 65.7 Å². The van der Waals surface area contributed by atoms with Crippen molar-refractivity contribution in [2.45, 2.75) is 32.7 Å². The SMILES string of the molecule is CCCCNCc1ccccc1OCCc1ccccc1. The molecule has 0 aliphatic carbocycles. The molecule has 0 aliphatic heterocycles. The largest absolute Gasteiger partial charge is 0.493 e. The number of benzene rings is 2. The van der Waals surface area contributed by atoms with Crippen LogP contribution in [0.5, 0.6) is 5.75 Å². The molecule has 2 aromatic carbocycles. The first kappa shape index (κ1) is 15.6. The zero-order valence-electron chi connectivity index (χ0n) is 12.8. The second kappa shape index (κ2) is 9.19. The highest BCUT2D eigenvalue weighted by Gasteiger charge is 2.02. The zero-order valence-corrected chi connectivity index (χ0v) is 12.8. The summed E-state index contributed by atoms with van der Waals surface area (Å²) in [5.74, 6) is 0.998. The van der Waals surface area contributed by atoms with Gasteiger partial charge in [0.2, 0.25) is 0 Å². The Hall–Kier alpha value is -1.80. The number of unbranched alkanes of at least 4 members (excludes halogenated alkanes) is 1. The zero-order chi connectivity index (χ0) is 14.8. The molecule has 2 aromatic rings. The monoisotopic (exact) mass is 283 g/mol. The van der Waals surface area contributed by atoms with Gasteiger partial charge in [-0.2, -0.15) is 0 Å². The fourth-order valence-corrected chi connectivity index (χ4v) is 2.24. The number of para-hydroxylation sites is 1. The van der Waals surface area contributed by atoms with Gasteiger partial charge in [0, 0.05) is 18.5 Å². The average Bonchev–Trinajstić information content (AvgIpc) is 2.54. The Morgan fingerprint density at radius 1 is 0.952 bits per heavy atom. The second-order valence-electron chi connectivity index (χ2n) is 5.22. The maximum absolute atomic E-state index is 5.96. The van der Waals surface area contributed by atoms with Crippen LogP contribution in [-0.2, 0) is 13.0 Å². The van der Waals surface area contributed by atoms with Crippen molar-refractivity contribution in [3.8, 4) is 5.75 Å². The van der Waals surface area contributed by atoms with Crippen LogP contribution in [0.15, 0.2) is 54.6 Å². The third-order valence-corrected chi connectivity index (χ3v) is 3.49. The number of nitrogens with one attached hydrogen (secondary N) is 1. The van der Waals surface area contributed by atoms with E-state index < -0.39 is 0 Å². The molecule has 1 N–H and O–H groups in total. The van der Waals surface area contributed by atoms with Gasteiger partial charge < -0.3 is 10.1 Å². The lowest BCUT2D eigenvalue weighted by Crippen LogP contribution is -2.15. The van der Waals surface area contributed by atoms with E-state index in [9.17, 15) is 0 Å². The summed E-state index contributed by atoms with van der Waals surface area (Å²) in [6.07, 6.45) is 3.39. The summed E-state index contributed by atoms with van der Waals surface area (Å²) in [7, 11) is 0. The summed E-state index contributed by atoms with van der Waals surface area (Å²) in [6.45, 7) is 4.87. The van der Waals surface area contributed by atoms with Crippen molar-refractivity contribution in [2.75, 3.05) is 13.2 Å². The summed E-state index contributed by atoms with van der Waals surface area (Å²) in [5, 5.41) is 3.47. The Balaban J connectivity index is 1.82. The molecule has 112 valence electrons. The minimum absolute atomic E-state index is 0.718. The minimum atomic E-state index is 0.718. The lowest BCUT2D eigenvalue weighted by Gasteiger charge is -2.12. The molecule has 0 spiro atoms. The van der Waals surface area contributed by atoms with E-state index >= 15 is 0 Å². The van der Waals surface area contributed by atoms with E-state index in [1.54, 1.807) is 0 Å². The Kier molecular flexibility index (Phi) is 6.82. The molecular weight excluding hydrogens is 258 g/mol. The number of hydrogen-bond donors (Lipinski definition) is 1.